The fourth-order valence-electron chi connectivity index (χ4n) is 4.34. The minimum atomic E-state index is -1.04. The van der Waals surface area contributed by atoms with Crippen LogP contribution in [0.5, 0.6) is 0 Å². The van der Waals surface area contributed by atoms with Gasteiger partial charge in [-0.05, 0) is 48.4 Å². The van der Waals surface area contributed by atoms with E-state index < -0.39 is 11.6 Å². The molecule has 2 aromatic carbocycles. The van der Waals surface area contributed by atoms with Crippen molar-refractivity contribution < 1.29 is 14.4 Å². The number of benzene rings is 2. The zero-order valence-electron chi connectivity index (χ0n) is 16.8. The molecule has 6 heteroatoms. The van der Waals surface area contributed by atoms with Crippen LogP contribution in [0.1, 0.15) is 35.1 Å². The number of amides is 4. The Morgan fingerprint density at radius 2 is 1.86 bits per heavy atom. The topological polar surface area (TPSA) is 69.7 Å². The molecule has 4 amide bonds. The first-order valence-corrected chi connectivity index (χ1v) is 9.93. The summed E-state index contributed by atoms with van der Waals surface area (Å²) in [6, 6.07) is 15.1. The van der Waals surface area contributed by atoms with Gasteiger partial charge in [0.2, 0.25) is 5.91 Å². The number of imide groups is 1. The van der Waals surface area contributed by atoms with Crippen molar-refractivity contribution in [1.29, 1.82) is 0 Å². The molecule has 2 aliphatic rings. The Bertz CT molecular complexity index is 987. The number of likely N-dealkylation sites (N-methyl/N-ethyl adjacent to an activating group) is 1. The molecule has 1 saturated heterocycles. The highest BCUT2D eigenvalue weighted by molar-refractivity contribution is 6.09. The molecule has 0 saturated carbocycles. The summed E-state index contributed by atoms with van der Waals surface area (Å²) in [7, 11) is 1.69. The van der Waals surface area contributed by atoms with Crippen LogP contribution >= 0.6 is 0 Å². The van der Waals surface area contributed by atoms with Gasteiger partial charge in [0.25, 0.3) is 5.91 Å². The molecule has 0 radical (unpaired) electrons. The SMILES string of the molecule is Cc1ccccc1CN(C)C(=O)CN1C(=O)NC2(CCCc3ccccc32)C1=O. The maximum Gasteiger partial charge on any atom is 0.325 e. The summed E-state index contributed by atoms with van der Waals surface area (Å²) in [5.74, 6) is -0.592. The predicted molar refractivity (Wildman–Crippen MR) is 109 cm³/mol. The van der Waals surface area contributed by atoms with Gasteiger partial charge in [-0.15, -0.1) is 0 Å². The van der Waals surface area contributed by atoms with Gasteiger partial charge < -0.3 is 10.2 Å². The molecular formula is C23H25N3O3. The van der Waals surface area contributed by atoms with E-state index in [1.54, 1.807) is 11.9 Å². The van der Waals surface area contributed by atoms with Crippen molar-refractivity contribution in [1.82, 2.24) is 15.1 Å². The number of carbonyl (C=O) groups excluding carboxylic acids is 3. The van der Waals surface area contributed by atoms with E-state index in [1.165, 1.54) is 0 Å². The quantitative estimate of drug-likeness (QED) is 0.815. The number of nitrogens with zero attached hydrogens (tertiary/aromatic N) is 2. The molecular weight excluding hydrogens is 366 g/mol. The third kappa shape index (κ3) is 3.28. The van der Waals surface area contributed by atoms with Crippen LogP contribution in [0.2, 0.25) is 0 Å². The van der Waals surface area contributed by atoms with Crippen LogP contribution in [0.15, 0.2) is 48.5 Å². The summed E-state index contributed by atoms with van der Waals surface area (Å²) in [4.78, 5) is 41.4. The lowest BCUT2D eigenvalue weighted by molar-refractivity contribution is -0.139. The van der Waals surface area contributed by atoms with Crippen molar-refractivity contribution >= 4 is 17.8 Å². The first-order chi connectivity index (χ1) is 13.9. The van der Waals surface area contributed by atoms with Crippen LogP contribution in [0.4, 0.5) is 4.79 Å². The highest BCUT2D eigenvalue weighted by Gasteiger charge is 2.54. The Labute approximate surface area is 170 Å². The van der Waals surface area contributed by atoms with E-state index in [0.717, 1.165) is 40.0 Å². The third-order valence-corrected chi connectivity index (χ3v) is 6.04. The Hall–Kier alpha value is -3.15. The van der Waals surface area contributed by atoms with Crippen molar-refractivity contribution in [3.05, 3.63) is 70.8 Å². The average molecular weight is 391 g/mol. The van der Waals surface area contributed by atoms with E-state index in [4.69, 9.17) is 0 Å². The summed E-state index contributed by atoms with van der Waals surface area (Å²) in [5, 5.41) is 2.90. The van der Waals surface area contributed by atoms with Crippen molar-refractivity contribution in [2.45, 2.75) is 38.3 Å². The molecule has 1 heterocycles. The van der Waals surface area contributed by atoms with Gasteiger partial charge in [0, 0.05) is 13.6 Å². The molecule has 4 rings (SSSR count). The van der Waals surface area contributed by atoms with Gasteiger partial charge in [-0.3, -0.25) is 14.5 Å². The molecule has 1 atom stereocenters. The van der Waals surface area contributed by atoms with Crippen LogP contribution < -0.4 is 5.32 Å². The van der Waals surface area contributed by atoms with E-state index in [0.29, 0.717) is 13.0 Å². The third-order valence-electron chi connectivity index (χ3n) is 6.04. The molecule has 1 fully saturated rings. The highest BCUT2D eigenvalue weighted by Crippen LogP contribution is 2.39. The molecule has 29 heavy (non-hydrogen) atoms. The summed E-state index contributed by atoms with van der Waals surface area (Å²) in [6.45, 7) is 2.18. The van der Waals surface area contributed by atoms with Crippen LogP contribution in [-0.2, 0) is 28.1 Å². The van der Waals surface area contributed by atoms with Gasteiger partial charge in [-0.2, -0.15) is 0 Å². The number of nitrogens with one attached hydrogen (secondary N) is 1. The van der Waals surface area contributed by atoms with Crippen LogP contribution in [0, 0.1) is 6.92 Å². The van der Waals surface area contributed by atoms with Gasteiger partial charge in [-0.25, -0.2) is 4.79 Å². The van der Waals surface area contributed by atoms with E-state index in [1.807, 2.05) is 55.5 Å². The van der Waals surface area contributed by atoms with E-state index in [-0.39, 0.29) is 18.4 Å². The van der Waals surface area contributed by atoms with Crippen molar-refractivity contribution in [3.63, 3.8) is 0 Å². The first kappa shape index (κ1) is 19.2. The average Bonchev–Trinajstić information content (AvgIpc) is 2.94. The fraction of sp³-hybridized carbons (Fsp3) is 0.348. The number of aryl methyl sites for hydroxylation is 2. The number of hydrogen-bond acceptors (Lipinski definition) is 3. The second-order valence-electron chi connectivity index (χ2n) is 7.91. The van der Waals surface area contributed by atoms with Gasteiger partial charge in [0.05, 0.1) is 0 Å². The molecule has 1 N–H and O–H groups in total. The molecule has 1 spiro atoms. The molecule has 1 aliphatic heterocycles. The molecule has 2 aromatic rings. The maximum absolute atomic E-state index is 13.3. The molecule has 0 aromatic heterocycles. The van der Waals surface area contributed by atoms with Gasteiger partial charge in [-0.1, -0.05) is 48.5 Å². The molecule has 6 nitrogen and oxygen atoms in total. The normalized spacial score (nSPS) is 20.6. The summed E-state index contributed by atoms with van der Waals surface area (Å²) in [5.41, 5.74) is 3.03. The predicted octanol–water partition coefficient (Wildman–Crippen LogP) is 2.74. The van der Waals surface area contributed by atoms with E-state index >= 15 is 0 Å². The number of hydrogen-bond donors (Lipinski definition) is 1. The lowest BCUT2D eigenvalue weighted by Crippen LogP contribution is -2.47. The first-order valence-electron chi connectivity index (χ1n) is 9.93. The van der Waals surface area contributed by atoms with Gasteiger partial charge >= 0.3 is 6.03 Å². The fourth-order valence-corrected chi connectivity index (χ4v) is 4.34. The zero-order chi connectivity index (χ0) is 20.6. The largest absolute Gasteiger partial charge is 0.340 e. The smallest absolute Gasteiger partial charge is 0.325 e. The van der Waals surface area contributed by atoms with Crippen molar-refractivity contribution in [2.24, 2.45) is 0 Å². The Morgan fingerprint density at radius 3 is 2.66 bits per heavy atom. The van der Waals surface area contributed by atoms with Crippen molar-refractivity contribution in [2.75, 3.05) is 13.6 Å². The zero-order valence-corrected chi connectivity index (χ0v) is 16.8. The van der Waals surface area contributed by atoms with E-state index in [2.05, 4.69) is 5.32 Å². The molecule has 0 bridgehead atoms. The summed E-state index contributed by atoms with van der Waals surface area (Å²) < 4.78 is 0. The second kappa shape index (κ2) is 7.35. The lowest BCUT2D eigenvalue weighted by Gasteiger charge is -2.33. The molecule has 150 valence electrons. The summed E-state index contributed by atoms with van der Waals surface area (Å²) >= 11 is 0. The lowest BCUT2D eigenvalue weighted by atomic mass is 9.76. The Kier molecular flexibility index (Phi) is 4.86. The molecule has 1 aliphatic carbocycles. The second-order valence-corrected chi connectivity index (χ2v) is 7.91. The maximum atomic E-state index is 13.3. The number of fused-ring (bicyclic) bond motifs is 2. The van der Waals surface area contributed by atoms with Gasteiger partial charge in [0.15, 0.2) is 0 Å². The number of urea groups is 1. The van der Waals surface area contributed by atoms with Crippen LogP contribution in [0.3, 0.4) is 0 Å². The minimum absolute atomic E-state index is 0.253. The highest BCUT2D eigenvalue weighted by atomic mass is 16.2. The monoisotopic (exact) mass is 391 g/mol. The Balaban J connectivity index is 1.52. The van der Waals surface area contributed by atoms with Crippen molar-refractivity contribution in [3.8, 4) is 0 Å². The van der Waals surface area contributed by atoms with Crippen LogP contribution in [0.25, 0.3) is 0 Å². The molecule has 1 unspecified atom stereocenters. The number of carbonyl (C=O) groups is 3. The Morgan fingerprint density at radius 1 is 1.14 bits per heavy atom. The van der Waals surface area contributed by atoms with Crippen LogP contribution in [-0.4, -0.2) is 41.2 Å². The van der Waals surface area contributed by atoms with E-state index in [9.17, 15) is 14.4 Å². The number of rotatable bonds is 4. The standard InChI is InChI=1S/C23H25N3O3/c1-16-8-3-4-10-18(16)14-25(2)20(27)15-26-21(28)23(24-22(26)29)13-7-11-17-9-5-6-12-19(17)23/h3-6,8-10,12H,7,11,13-15H2,1-2H3,(H,24,29). The summed E-state index contributed by atoms with van der Waals surface area (Å²) in [6.07, 6.45) is 2.26. The van der Waals surface area contributed by atoms with Gasteiger partial charge in [0.1, 0.15) is 12.1 Å². The minimum Gasteiger partial charge on any atom is -0.340 e.